The number of oxazole rings is 1. The van der Waals surface area contributed by atoms with E-state index in [1.807, 2.05) is 54.7 Å². The van der Waals surface area contributed by atoms with Gasteiger partial charge in [-0.05, 0) is 12.1 Å². The Hall–Kier alpha value is -2.30. The van der Waals surface area contributed by atoms with Gasteiger partial charge in [-0.1, -0.05) is 54.1 Å². The van der Waals surface area contributed by atoms with E-state index < -0.39 is 0 Å². The summed E-state index contributed by atoms with van der Waals surface area (Å²) < 4.78 is 5.92. The topological polar surface area (TPSA) is 32.5 Å². The lowest BCUT2D eigenvalue weighted by atomic mass is 10.2. The van der Waals surface area contributed by atoms with E-state index in [9.17, 15) is 0 Å². The third-order valence-electron chi connectivity index (χ3n) is 4.54. The average Bonchev–Trinajstić information content (AvgIpc) is 3.12. The molecule has 128 valence electrons. The molecule has 0 amide bonds. The second-order valence-corrected chi connectivity index (χ2v) is 6.61. The maximum atomic E-state index is 6.30. The van der Waals surface area contributed by atoms with Gasteiger partial charge in [0, 0.05) is 31.7 Å². The van der Waals surface area contributed by atoms with Gasteiger partial charge in [-0.15, -0.1) is 0 Å². The van der Waals surface area contributed by atoms with E-state index in [0.29, 0.717) is 0 Å². The summed E-state index contributed by atoms with van der Waals surface area (Å²) in [7, 11) is 0. The highest BCUT2D eigenvalue weighted by molar-refractivity contribution is 6.33. The summed E-state index contributed by atoms with van der Waals surface area (Å²) in [6.07, 6.45) is 1.81. The number of benzene rings is 2. The smallest absolute Gasteiger partial charge is 0.209 e. The van der Waals surface area contributed by atoms with Crippen LogP contribution in [0.4, 0.5) is 5.69 Å². The van der Waals surface area contributed by atoms with Gasteiger partial charge in [0.2, 0.25) is 5.89 Å². The highest BCUT2D eigenvalue weighted by atomic mass is 35.5. The first-order valence-electron chi connectivity index (χ1n) is 8.51. The Kier molecular flexibility index (Phi) is 4.72. The van der Waals surface area contributed by atoms with Crippen LogP contribution in [0.3, 0.4) is 0 Å². The summed E-state index contributed by atoms with van der Waals surface area (Å²) in [5.41, 5.74) is 2.18. The molecule has 1 aromatic heterocycles. The van der Waals surface area contributed by atoms with Gasteiger partial charge in [0.15, 0.2) is 5.76 Å². The molecule has 4 rings (SSSR count). The third-order valence-corrected chi connectivity index (χ3v) is 4.86. The fourth-order valence-corrected chi connectivity index (χ4v) is 3.42. The minimum absolute atomic E-state index is 0.739. The number of anilines is 1. The van der Waals surface area contributed by atoms with Crippen LogP contribution in [0.25, 0.3) is 11.3 Å². The number of aromatic nitrogens is 1. The van der Waals surface area contributed by atoms with Crippen molar-refractivity contribution in [2.75, 3.05) is 31.1 Å². The van der Waals surface area contributed by atoms with Crippen molar-refractivity contribution in [3.05, 3.63) is 71.7 Å². The van der Waals surface area contributed by atoms with Crippen LogP contribution < -0.4 is 4.90 Å². The lowest BCUT2D eigenvalue weighted by molar-refractivity contribution is 0.227. The molecule has 1 fully saturated rings. The second-order valence-electron chi connectivity index (χ2n) is 6.20. The summed E-state index contributed by atoms with van der Waals surface area (Å²) in [4.78, 5) is 9.14. The predicted molar refractivity (Wildman–Crippen MR) is 101 cm³/mol. The van der Waals surface area contributed by atoms with Crippen molar-refractivity contribution in [1.82, 2.24) is 9.88 Å². The number of hydrogen-bond acceptors (Lipinski definition) is 4. The normalized spacial score (nSPS) is 15.5. The second kappa shape index (κ2) is 7.30. The summed E-state index contributed by atoms with van der Waals surface area (Å²) in [6.45, 7) is 4.58. The Morgan fingerprint density at radius 2 is 1.64 bits per heavy atom. The van der Waals surface area contributed by atoms with Gasteiger partial charge in [-0.25, -0.2) is 4.98 Å². The largest absolute Gasteiger partial charge is 0.439 e. The van der Waals surface area contributed by atoms with Gasteiger partial charge in [-0.3, -0.25) is 4.90 Å². The molecule has 0 N–H and O–H groups in total. The van der Waals surface area contributed by atoms with Crippen LogP contribution in [0.5, 0.6) is 0 Å². The molecular weight excluding hydrogens is 334 g/mol. The Labute approximate surface area is 152 Å². The monoisotopic (exact) mass is 353 g/mol. The molecule has 0 atom stereocenters. The van der Waals surface area contributed by atoms with Gasteiger partial charge >= 0.3 is 0 Å². The molecule has 5 heteroatoms. The predicted octanol–water partition coefficient (Wildman–Crippen LogP) is 4.32. The van der Waals surface area contributed by atoms with Crippen LogP contribution in [0.2, 0.25) is 5.02 Å². The maximum absolute atomic E-state index is 6.30. The number of para-hydroxylation sites is 1. The standard InChI is InChI=1S/C20H20ClN3O/c21-17-8-4-5-9-18(17)24-12-10-23(11-13-24)15-20-22-14-19(25-20)16-6-2-1-3-7-16/h1-9,14H,10-13,15H2. The average molecular weight is 354 g/mol. The van der Waals surface area contributed by atoms with Gasteiger partial charge in [0.1, 0.15) is 0 Å². The molecule has 25 heavy (non-hydrogen) atoms. The summed E-state index contributed by atoms with van der Waals surface area (Å²) in [5.74, 6) is 1.59. The van der Waals surface area contributed by atoms with Crippen molar-refractivity contribution < 1.29 is 4.42 Å². The minimum Gasteiger partial charge on any atom is -0.439 e. The van der Waals surface area contributed by atoms with Crippen LogP contribution in [0.15, 0.2) is 65.2 Å². The van der Waals surface area contributed by atoms with Gasteiger partial charge in [-0.2, -0.15) is 0 Å². The van der Waals surface area contributed by atoms with Crippen molar-refractivity contribution in [3.63, 3.8) is 0 Å². The molecule has 0 saturated carbocycles. The number of halogens is 1. The lowest BCUT2D eigenvalue weighted by Gasteiger charge is -2.35. The first-order chi connectivity index (χ1) is 12.3. The maximum Gasteiger partial charge on any atom is 0.209 e. The number of piperazine rings is 1. The van der Waals surface area contributed by atoms with E-state index in [1.165, 1.54) is 0 Å². The quantitative estimate of drug-likeness (QED) is 0.699. The van der Waals surface area contributed by atoms with Crippen LogP contribution in [0.1, 0.15) is 5.89 Å². The van der Waals surface area contributed by atoms with Crippen molar-refractivity contribution in [3.8, 4) is 11.3 Å². The molecule has 1 aliphatic heterocycles. The molecule has 4 nitrogen and oxygen atoms in total. The zero-order valence-electron chi connectivity index (χ0n) is 13.9. The summed E-state index contributed by atoms with van der Waals surface area (Å²) in [5, 5.41) is 0.816. The molecule has 0 spiro atoms. The van der Waals surface area contributed by atoms with E-state index in [2.05, 4.69) is 20.9 Å². The van der Waals surface area contributed by atoms with E-state index in [4.69, 9.17) is 16.0 Å². The van der Waals surface area contributed by atoms with Crippen LogP contribution >= 0.6 is 11.6 Å². The lowest BCUT2D eigenvalue weighted by Crippen LogP contribution is -2.46. The molecule has 0 unspecified atom stereocenters. The molecule has 0 aliphatic carbocycles. The molecular formula is C20H20ClN3O. The van der Waals surface area contributed by atoms with Gasteiger partial charge in [0.05, 0.1) is 23.5 Å². The zero-order valence-corrected chi connectivity index (χ0v) is 14.7. The summed E-state index contributed by atoms with van der Waals surface area (Å²) >= 11 is 6.30. The van der Waals surface area contributed by atoms with E-state index >= 15 is 0 Å². The Bertz CT molecular complexity index is 826. The molecule has 2 aromatic carbocycles. The van der Waals surface area contributed by atoms with Crippen molar-refractivity contribution in [2.45, 2.75) is 6.54 Å². The molecule has 0 radical (unpaired) electrons. The zero-order chi connectivity index (χ0) is 17.1. The Morgan fingerprint density at radius 3 is 2.40 bits per heavy atom. The molecule has 0 bridgehead atoms. The van der Waals surface area contributed by atoms with Crippen LogP contribution in [0, 0.1) is 0 Å². The highest BCUT2D eigenvalue weighted by Gasteiger charge is 2.20. The molecule has 3 aromatic rings. The van der Waals surface area contributed by atoms with Crippen molar-refractivity contribution in [2.24, 2.45) is 0 Å². The number of rotatable bonds is 4. The van der Waals surface area contributed by atoms with Gasteiger partial charge in [0.25, 0.3) is 0 Å². The van der Waals surface area contributed by atoms with E-state index in [0.717, 1.165) is 60.6 Å². The first-order valence-corrected chi connectivity index (χ1v) is 8.89. The number of hydrogen-bond donors (Lipinski definition) is 0. The first kappa shape index (κ1) is 16.2. The van der Waals surface area contributed by atoms with E-state index in [-0.39, 0.29) is 0 Å². The highest BCUT2D eigenvalue weighted by Crippen LogP contribution is 2.26. The van der Waals surface area contributed by atoms with E-state index in [1.54, 1.807) is 0 Å². The van der Waals surface area contributed by atoms with Crippen LogP contribution in [-0.2, 0) is 6.54 Å². The summed E-state index contributed by atoms with van der Waals surface area (Å²) in [6, 6.07) is 18.1. The van der Waals surface area contributed by atoms with Crippen molar-refractivity contribution in [1.29, 1.82) is 0 Å². The SMILES string of the molecule is Clc1ccccc1N1CCN(Cc2ncc(-c3ccccc3)o2)CC1. The van der Waals surface area contributed by atoms with Crippen LogP contribution in [-0.4, -0.2) is 36.1 Å². The molecule has 1 saturated heterocycles. The Balaban J connectivity index is 1.36. The Morgan fingerprint density at radius 1 is 0.920 bits per heavy atom. The van der Waals surface area contributed by atoms with Gasteiger partial charge < -0.3 is 9.32 Å². The molecule has 2 heterocycles. The fourth-order valence-electron chi connectivity index (χ4n) is 3.17. The number of nitrogens with zero attached hydrogens (tertiary/aromatic N) is 3. The third kappa shape index (κ3) is 3.70. The minimum atomic E-state index is 0.739. The fraction of sp³-hybridized carbons (Fsp3) is 0.250. The van der Waals surface area contributed by atoms with Crippen molar-refractivity contribution >= 4 is 17.3 Å². The molecule has 1 aliphatic rings.